The van der Waals surface area contributed by atoms with Crippen LogP contribution in [0.4, 0.5) is 19.0 Å². The third-order valence-electron chi connectivity index (χ3n) is 2.83. The van der Waals surface area contributed by atoms with E-state index < -0.39 is 12.0 Å². The van der Waals surface area contributed by atoms with E-state index in [-0.39, 0.29) is 11.5 Å². The first kappa shape index (κ1) is 12.6. The van der Waals surface area contributed by atoms with Crippen LogP contribution in [0.1, 0.15) is 18.7 Å². The van der Waals surface area contributed by atoms with Crippen LogP contribution in [0.3, 0.4) is 0 Å². The molecule has 9 heteroatoms. The average Bonchev–Trinajstić information content (AvgIpc) is 3.05. The van der Waals surface area contributed by atoms with Crippen LogP contribution < -0.4 is 5.32 Å². The van der Waals surface area contributed by atoms with Crippen LogP contribution in [0.15, 0.2) is 4.73 Å². The van der Waals surface area contributed by atoms with Gasteiger partial charge in [-0.25, -0.2) is 15.0 Å². The third-order valence-corrected chi connectivity index (χ3v) is 3.21. The molecule has 2 N–H and O–H groups in total. The standard InChI is InChI=1S/C10H9BrF3N5/c11-9-16-5-6(15-3-4-1-2-4)17-8(10(12,13)14)18-7(5)19-9/h4H,1-3H2,(H2,15,16,17,18,19). The minimum absolute atomic E-state index is 0.00695. The van der Waals surface area contributed by atoms with E-state index in [0.29, 0.717) is 22.7 Å². The van der Waals surface area contributed by atoms with Crippen LogP contribution in [-0.4, -0.2) is 26.5 Å². The molecule has 0 aromatic carbocycles. The van der Waals surface area contributed by atoms with Gasteiger partial charge in [-0.2, -0.15) is 13.2 Å². The number of alkyl halides is 3. The number of halogens is 4. The minimum atomic E-state index is -4.59. The number of H-pyrrole nitrogens is 1. The summed E-state index contributed by atoms with van der Waals surface area (Å²) >= 11 is 3.08. The van der Waals surface area contributed by atoms with Crippen molar-refractivity contribution < 1.29 is 13.2 Å². The Kier molecular flexibility index (Phi) is 2.88. The van der Waals surface area contributed by atoms with Gasteiger partial charge in [0, 0.05) is 6.54 Å². The molecular formula is C10H9BrF3N5. The molecule has 0 atom stereocenters. The zero-order chi connectivity index (χ0) is 13.6. The molecule has 102 valence electrons. The molecule has 0 spiro atoms. The number of nitrogens with zero attached hydrogens (tertiary/aromatic N) is 3. The fraction of sp³-hybridized carbons (Fsp3) is 0.500. The highest BCUT2D eigenvalue weighted by atomic mass is 79.9. The molecule has 0 radical (unpaired) electrons. The van der Waals surface area contributed by atoms with Crippen molar-refractivity contribution >= 4 is 32.9 Å². The van der Waals surface area contributed by atoms with Gasteiger partial charge in [-0.3, -0.25) is 0 Å². The second-order valence-electron chi connectivity index (χ2n) is 4.44. The van der Waals surface area contributed by atoms with E-state index in [1.807, 2.05) is 0 Å². The molecule has 5 nitrogen and oxygen atoms in total. The topological polar surface area (TPSA) is 66.5 Å². The first-order valence-corrected chi connectivity index (χ1v) is 6.47. The van der Waals surface area contributed by atoms with Gasteiger partial charge in [0.25, 0.3) is 0 Å². The van der Waals surface area contributed by atoms with Crippen molar-refractivity contribution in [3.05, 3.63) is 10.6 Å². The zero-order valence-electron chi connectivity index (χ0n) is 9.55. The Morgan fingerprint density at radius 1 is 1.26 bits per heavy atom. The van der Waals surface area contributed by atoms with E-state index in [2.05, 4.69) is 41.2 Å². The average molecular weight is 336 g/mol. The summed E-state index contributed by atoms with van der Waals surface area (Å²) in [6.07, 6.45) is -2.39. The summed E-state index contributed by atoms with van der Waals surface area (Å²) in [4.78, 5) is 13.6. The van der Waals surface area contributed by atoms with Crippen LogP contribution in [0.25, 0.3) is 11.2 Å². The van der Waals surface area contributed by atoms with Gasteiger partial charge in [0.1, 0.15) is 5.52 Å². The van der Waals surface area contributed by atoms with Crippen molar-refractivity contribution in [3.8, 4) is 0 Å². The van der Waals surface area contributed by atoms with Crippen molar-refractivity contribution in [2.45, 2.75) is 19.0 Å². The number of fused-ring (bicyclic) bond motifs is 1. The predicted octanol–water partition coefficient (Wildman–Crippen LogP) is 2.96. The summed E-state index contributed by atoms with van der Waals surface area (Å²) < 4.78 is 38.5. The molecule has 0 amide bonds. The number of rotatable bonds is 3. The largest absolute Gasteiger partial charge is 0.451 e. The summed E-state index contributed by atoms with van der Waals surface area (Å²) in [5.74, 6) is -0.523. The van der Waals surface area contributed by atoms with Gasteiger partial charge in [0.2, 0.25) is 5.82 Å². The molecule has 3 rings (SSSR count). The highest BCUT2D eigenvalue weighted by Crippen LogP contribution is 2.32. The van der Waals surface area contributed by atoms with Gasteiger partial charge in [0.15, 0.2) is 16.2 Å². The number of aromatic amines is 1. The number of hydrogen-bond donors (Lipinski definition) is 2. The molecule has 1 aliphatic carbocycles. The smallest absolute Gasteiger partial charge is 0.368 e. The van der Waals surface area contributed by atoms with Crippen LogP contribution in [0.5, 0.6) is 0 Å². The second-order valence-corrected chi connectivity index (χ2v) is 5.20. The van der Waals surface area contributed by atoms with Gasteiger partial charge in [-0.1, -0.05) is 0 Å². The Morgan fingerprint density at radius 3 is 2.63 bits per heavy atom. The van der Waals surface area contributed by atoms with Gasteiger partial charge >= 0.3 is 6.18 Å². The van der Waals surface area contributed by atoms with E-state index >= 15 is 0 Å². The summed E-state index contributed by atoms with van der Waals surface area (Å²) in [7, 11) is 0. The number of nitrogens with one attached hydrogen (secondary N) is 2. The van der Waals surface area contributed by atoms with Crippen molar-refractivity contribution in [2.24, 2.45) is 5.92 Å². The predicted molar refractivity (Wildman–Crippen MR) is 65.6 cm³/mol. The Labute approximate surface area is 114 Å². The molecule has 0 bridgehead atoms. The Balaban J connectivity index is 2.04. The summed E-state index contributed by atoms with van der Waals surface area (Å²) in [5, 5.41) is 2.93. The molecule has 2 heterocycles. The summed E-state index contributed by atoms with van der Waals surface area (Å²) in [6.45, 7) is 0.611. The van der Waals surface area contributed by atoms with E-state index in [1.165, 1.54) is 0 Å². The molecule has 0 aliphatic heterocycles. The molecule has 1 fully saturated rings. The number of imidazole rings is 1. The molecule has 2 aromatic heterocycles. The first-order chi connectivity index (χ1) is 8.93. The van der Waals surface area contributed by atoms with Gasteiger partial charge in [-0.15, -0.1) is 0 Å². The Morgan fingerprint density at radius 2 is 2.00 bits per heavy atom. The highest BCUT2D eigenvalue weighted by molar-refractivity contribution is 9.10. The fourth-order valence-electron chi connectivity index (χ4n) is 1.69. The fourth-order valence-corrected chi connectivity index (χ4v) is 2.05. The lowest BCUT2D eigenvalue weighted by molar-refractivity contribution is -0.144. The third kappa shape index (κ3) is 2.65. The minimum Gasteiger partial charge on any atom is -0.368 e. The first-order valence-electron chi connectivity index (χ1n) is 5.68. The SMILES string of the molecule is FC(F)(F)c1nc(NCC2CC2)c2[nH]c(Br)nc2n1. The van der Waals surface area contributed by atoms with E-state index in [1.54, 1.807) is 0 Å². The van der Waals surface area contributed by atoms with Crippen molar-refractivity contribution in [2.75, 3.05) is 11.9 Å². The lowest BCUT2D eigenvalue weighted by Crippen LogP contribution is -2.14. The molecule has 0 unspecified atom stereocenters. The molecule has 1 saturated carbocycles. The number of anilines is 1. The van der Waals surface area contributed by atoms with E-state index in [9.17, 15) is 13.2 Å². The molecule has 19 heavy (non-hydrogen) atoms. The monoisotopic (exact) mass is 335 g/mol. The van der Waals surface area contributed by atoms with E-state index in [4.69, 9.17) is 0 Å². The number of hydrogen-bond acceptors (Lipinski definition) is 4. The molecule has 2 aromatic rings. The number of aromatic nitrogens is 4. The Bertz CT molecular complexity index is 619. The van der Waals surface area contributed by atoms with Gasteiger partial charge in [0.05, 0.1) is 0 Å². The van der Waals surface area contributed by atoms with Gasteiger partial charge < -0.3 is 10.3 Å². The molecule has 0 saturated heterocycles. The maximum absolute atomic E-state index is 12.7. The van der Waals surface area contributed by atoms with Crippen molar-refractivity contribution in [3.63, 3.8) is 0 Å². The maximum Gasteiger partial charge on any atom is 0.451 e. The van der Waals surface area contributed by atoms with Crippen LogP contribution >= 0.6 is 15.9 Å². The quantitative estimate of drug-likeness (QED) is 0.846. The zero-order valence-corrected chi connectivity index (χ0v) is 11.1. The van der Waals surface area contributed by atoms with Crippen molar-refractivity contribution in [1.82, 2.24) is 19.9 Å². The molecular weight excluding hydrogens is 327 g/mol. The van der Waals surface area contributed by atoms with Crippen LogP contribution in [0.2, 0.25) is 0 Å². The molecule has 1 aliphatic rings. The summed E-state index contributed by atoms with van der Waals surface area (Å²) in [6, 6.07) is 0. The highest BCUT2D eigenvalue weighted by Gasteiger charge is 2.36. The van der Waals surface area contributed by atoms with Crippen molar-refractivity contribution in [1.29, 1.82) is 0 Å². The summed E-state index contributed by atoms with van der Waals surface area (Å²) in [5.41, 5.74) is 0.369. The Hall–Kier alpha value is -1.38. The normalized spacial score (nSPS) is 16.0. The van der Waals surface area contributed by atoms with Crippen LogP contribution in [-0.2, 0) is 6.18 Å². The van der Waals surface area contributed by atoms with Crippen LogP contribution in [0, 0.1) is 5.92 Å². The lowest BCUT2D eigenvalue weighted by atomic mass is 10.4. The second kappa shape index (κ2) is 4.32. The lowest BCUT2D eigenvalue weighted by Gasteiger charge is -2.09. The van der Waals surface area contributed by atoms with E-state index in [0.717, 1.165) is 12.8 Å². The maximum atomic E-state index is 12.7. The van der Waals surface area contributed by atoms with Gasteiger partial charge in [-0.05, 0) is 34.7 Å².